The first kappa shape index (κ1) is 17.7. The van der Waals surface area contributed by atoms with Crippen molar-refractivity contribution in [3.8, 4) is 0 Å². The zero-order chi connectivity index (χ0) is 16.0. The van der Waals surface area contributed by atoms with Gasteiger partial charge in [-0.15, -0.1) is 0 Å². The van der Waals surface area contributed by atoms with Crippen molar-refractivity contribution in [2.24, 2.45) is 11.8 Å². The van der Waals surface area contributed by atoms with Crippen molar-refractivity contribution in [1.29, 1.82) is 0 Å². The van der Waals surface area contributed by atoms with Crippen molar-refractivity contribution >= 4 is 23.3 Å². The molecule has 1 rings (SSSR count). The van der Waals surface area contributed by atoms with Crippen LogP contribution in [0.4, 0.5) is 0 Å². The van der Waals surface area contributed by atoms with Gasteiger partial charge in [-0.05, 0) is 30.2 Å². The number of carbonyl (C=O) groups is 2. The van der Waals surface area contributed by atoms with Gasteiger partial charge in [0.2, 0.25) is 5.91 Å². The number of hydrogen-bond donors (Lipinski definition) is 2. The second-order valence-electron chi connectivity index (χ2n) is 5.59. The molecular weight excluding hydrogens is 290 g/mol. The number of aliphatic hydroxyl groups excluding tert-OH is 1. The fourth-order valence-electron chi connectivity index (χ4n) is 1.80. The van der Waals surface area contributed by atoms with E-state index in [2.05, 4.69) is 5.32 Å². The van der Waals surface area contributed by atoms with Crippen molar-refractivity contribution in [1.82, 2.24) is 5.32 Å². The SMILES string of the molecule is CC(CC(=O)NCC(O)C(C)C)C(=O)c1ccc(Cl)cc1. The smallest absolute Gasteiger partial charge is 0.220 e. The molecule has 0 spiro atoms. The number of amides is 1. The molecule has 1 amide bonds. The first-order valence-electron chi connectivity index (χ1n) is 7.05. The highest BCUT2D eigenvalue weighted by atomic mass is 35.5. The molecule has 5 heteroatoms. The fourth-order valence-corrected chi connectivity index (χ4v) is 1.92. The normalized spacial score (nSPS) is 13.8. The van der Waals surface area contributed by atoms with E-state index in [0.717, 1.165) is 0 Å². The van der Waals surface area contributed by atoms with Gasteiger partial charge in [-0.1, -0.05) is 32.4 Å². The maximum Gasteiger partial charge on any atom is 0.220 e. The third kappa shape index (κ3) is 5.86. The molecule has 2 atom stereocenters. The van der Waals surface area contributed by atoms with E-state index in [-0.39, 0.29) is 30.6 Å². The summed E-state index contributed by atoms with van der Waals surface area (Å²) in [6, 6.07) is 6.62. The lowest BCUT2D eigenvalue weighted by Crippen LogP contribution is -2.36. The van der Waals surface area contributed by atoms with Crippen LogP contribution in [0.1, 0.15) is 37.6 Å². The zero-order valence-electron chi connectivity index (χ0n) is 12.6. The summed E-state index contributed by atoms with van der Waals surface area (Å²) in [6.07, 6.45) is -0.469. The van der Waals surface area contributed by atoms with Crippen LogP contribution in [-0.4, -0.2) is 29.4 Å². The summed E-state index contributed by atoms with van der Waals surface area (Å²) in [7, 11) is 0. The number of hydrogen-bond acceptors (Lipinski definition) is 3. The number of aliphatic hydroxyl groups is 1. The Kier molecular flexibility index (Phi) is 6.85. The maximum absolute atomic E-state index is 12.2. The van der Waals surface area contributed by atoms with Crippen LogP contribution >= 0.6 is 11.6 Å². The molecular formula is C16H22ClNO3. The molecule has 0 fully saturated rings. The quantitative estimate of drug-likeness (QED) is 0.761. The lowest BCUT2D eigenvalue weighted by Gasteiger charge is -2.16. The first-order valence-corrected chi connectivity index (χ1v) is 7.43. The number of ketones is 1. The predicted octanol–water partition coefficient (Wildman–Crippen LogP) is 2.68. The number of nitrogens with one attached hydrogen (secondary N) is 1. The lowest BCUT2D eigenvalue weighted by atomic mass is 9.96. The van der Waals surface area contributed by atoms with Crippen LogP contribution in [0.5, 0.6) is 0 Å². The van der Waals surface area contributed by atoms with Crippen molar-refractivity contribution in [3.05, 3.63) is 34.9 Å². The van der Waals surface area contributed by atoms with Crippen LogP contribution in [0, 0.1) is 11.8 Å². The first-order chi connectivity index (χ1) is 9.81. The summed E-state index contributed by atoms with van der Waals surface area (Å²) in [6.45, 7) is 5.68. The summed E-state index contributed by atoms with van der Waals surface area (Å²) < 4.78 is 0. The number of carbonyl (C=O) groups excluding carboxylic acids is 2. The van der Waals surface area contributed by atoms with Crippen molar-refractivity contribution in [3.63, 3.8) is 0 Å². The van der Waals surface area contributed by atoms with Gasteiger partial charge in [-0.2, -0.15) is 0 Å². The van der Waals surface area contributed by atoms with E-state index >= 15 is 0 Å². The molecule has 2 unspecified atom stereocenters. The molecule has 116 valence electrons. The molecule has 1 aromatic carbocycles. The van der Waals surface area contributed by atoms with Gasteiger partial charge in [0.15, 0.2) is 5.78 Å². The van der Waals surface area contributed by atoms with Crippen molar-refractivity contribution < 1.29 is 14.7 Å². The molecule has 0 aromatic heterocycles. The van der Waals surface area contributed by atoms with Gasteiger partial charge in [-0.25, -0.2) is 0 Å². The third-order valence-corrected chi connectivity index (χ3v) is 3.60. The van der Waals surface area contributed by atoms with E-state index in [1.807, 2.05) is 13.8 Å². The van der Waals surface area contributed by atoms with Crippen molar-refractivity contribution in [2.45, 2.75) is 33.3 Å². The number of Topliss-reactive ketones (excluding diaryl/α,β-unsaturated/α-hetero) is 1. The molecule has 21 heavy (non-hydrogen) atoms. The van der Waals surface area contributed by atoms with Gasteiger partial charge >= 0.3 is 0 Å². The monoisotopic (exact) mass is 311 g/mol. The highest BCUT2D eigenvalue weighted by molar-refractivity contribution is 6.30. The largest absolute Gasteiger partial charge is 0.391 e. The average Bonchev–Trinajstić information content (AvgIpc) is 2.44. The van der Waals surface area contributed by atoms with Crippen molar-refractivity contribution in [2.75, 3.05) is 6.54 Å². The highest BCUT2D eigenvalue weighted by Gasteiger charge is 2.19. The van der Waals surface area contributed by atoms with E-state index in [1.165, 1.54) is 0 Å². The molecule has 0 aliphatic heterocycles. The van der Waals surface area contributed by atoms with E-state index < -0.39 is 12.0 Å². The fraction of sp³-hybridized carbons (Fsp3) is 0.500. The Morgan fingerprint density at radius 2 is 1.76 bits per heavy atom. The predicted molar refractivity (Wildman–Crippen MR) is 83.4 cm³/mol. The minimum absolute atomic E-state index is 0.0819. The average molecular weight is 312 g/mol. The third-order valence-electron chi connectivity index (χ3n) is 3.35. The molecule has 0 radical (unpaired) electrons. The van der Waals surface area contributed by atoms with Crippen LogP contribution in [0.3, 0.4) is 0 Å². The summed E-state index contributed by atoms with van der Waals surface area (Å²) in [4.78, 5) is 23.9. The standard InChI is InChI=1S/C16H22ClNO3/c1-10(2)14(19)9-18-15(20)8-11(3)16(21)12-4-6-13(17)7-5-12/h4-7,10-11,14,19H,8-9H2,1-3H3,(H,18,20). The molecule has 2 N–H and O–H groups in total. The second kappa shape index (κ2) is 8.15. The van der Waals surface area contributed by atoms with E-state index in [9.17, 15) is 14.7 Å². The van der Waals surface area contributed by atoms with Gasteiger partial charge in [0, 0.05) is 29.5 Å². The topological polar surface area (TPSA) is 66.4 Å². The molecule has 0 heterocycles. The molecule has 0 saturated heterocycles. The van der Waals surface area contributed by atoms with Gasteiger partial charge in [0.25, 0.3) is 0 Å². The van der Waals surface area contributed by atoms with Crippen LogP contribution < -0.4 is 5.32 Å². The van der Waals surface area contributed by atoms with Crippen LogP contribution in [0.2, 0.25) is 5.02 Å². The van der Waals surface area contributed by atoms with E-state index in [1.54, 1.807) is 31.2 Å². The van der Waals surface area contributed by atoms with Crippen LogP contribution in [-0.2, 0) is 4.79 Å². The molecule has 1 aromatic rings. The minimum atomic E-state index is -0.573. The molecule has 0 saturated carbocycles. The summed E-state index contributed by atoms with van der Waals surface area (Å²) >= 11 is 5.78. The summed E-state index contributed by atoms with van der Waals surface area (Å²) in [5.41, 5.74) is 0.543. The zero-order valence-corrected chi connectivity index (χ0v) is 13.4. The van der Waals surface area contributed by atoms with Crippen LogP contribution in [0.15, 0.2) is 24.3 Å². The Morgan fingerprint density at radius 1 is 1.19 bits per heavy atom. The van der Waals surface area contributed by atoms with Gasteiger partial charge in [0.05, 0.1) is 6.10 Å². The second-order valence-corrected chi connectivity index (χ2v) is 6.03. The number of rotatable bonds is 7. The molecule has 0 bridgehead atoms. The lowest BCUT2D eigenvalue weighted by molar-refractivity contribution is -0.122. The summed E-state index contributed by atoms with van der Waals surface area (Å²) in [5.74, 6) is -0.656. The number of benzene rings is 1. The Bertz CT molecular complexity index is 485. The van der Waals surface area contributed by atoms with Gasteiger partial charge in [-0.3, -0.25) is 9.59 Å². The van der Waals surface area contributed by atoms with E-state index in [4.69, 9.17) is 11.6 Å². The maximum atomic E-state index is 12.2. The van der Waals surface area contributed by atoms with Gasteiger partial charge < -0.3 is 10.4 Å². The Morgan fingerprint density at radius 3 is 2.29 bits per heavy atom. The Balaban J connectivity index is 2.48. The molecule has 0 aliphatic carbocycles. The highest BCUT2D eigenvalue weighted by Crippen LogP contribution is 2.15. The molecule has 4 nitrogen and oxygen atoms in total. The number of halogens is 1. The molecule has 0 aliphatic rings. The van der Waals surface area contributed by atoms with E-state index in [0.29, 0.717) is 10.6 Å². The van der Waals surface area contributed by atoms with Crippen LogP contribution in [0.25, 0.3) is 0 Å². The minimum Gasteiger partial charge on any atom is -0.391 e. The Hall–Kier alpha value is -1.39. The Labute approximate surface area is 130 Å². The van der Waals surface area contributed by atoms with Gasteiger partial charge in [0.1, 0.15) is 0 Å². The summed E-state index contributed by atoms with van der Waals surface area (Å²) in [5, 5.41) is 12.8.